The van der Waals surface area contributed by atoms with Gasteiger partial charge >= 0.3 is 6.09 Å². The van der Waals surface area contributed by atoms with Crippen LogP contribution >= 0.6 is 0 Å². The van der Waals surface area contributed by atoms with Crippen LogP contribution in [-0.4, -0.2) is 29.0 Å². The van der Waals surface area contributed by atoms with Crippen LogP contribution in [0.3, 0.4) is 0 Å². The number of nitrogens with one attached hydrogen (secondary N) is 1. The zero-order valence-electron chi connectivity index (χ0n) is 6.45. The third-order valence-electron chi connectivity index (χ3n) is 1.51. The number of aliphatic hydroxyl groups is 1. The Morgan fingerprint density at radius 2 is 2.36 bits per heavy atom. The molecule has 0 heterocycles. The lowest BCUT2D eigenvalue weighted by molar-refractivity contribution is 0.170. The molecule has 0 saturated carbocycles. The van der Waals surface area contributed by atoms with Gasteiger partial charge < -0.3 is 15.5 Å². The zero-order valence-corrected chi connectivity index (χ0v) is 6.45. The fourth-order valence-corrected chi connectivity index (χ4v) is 0.666. The van der Waals surface area contributed by atoms with Crippen LogP contribution in [0.25, 0.3) is 0 Å². The van der Waals surface area contributed by atoms with Crippen molar-refractivity contribution >= 4 is 6.09 Å². The van der Waals surface area contributed by atoms with Crippen LogP contribution in [0.15, 0.2) is 12.7 Å². The Bertz CT molecular complexity index is 147. The van der Waals surface area contributed by atoms with Crippen LogP contribution in [0.2, 0.25) is 0 Å². The molecule has 0 aromatic rings. The standard InChI is InChI=1S/C7H13NO3/c1-3-5(2)6(4-9)8-7(10)11/h3,5-6,8-9H,1,4H2,2H3,(H,10,11). The molecule has 2 atom stereocenters. The lowest BCUT2D eigenvalue weighted by Gasteiger charge is -2.17. The van der Waals surface area contributed by atoms with Gasteiger partial charge in [0.2, 0.25) is 0 Å². The van der Waals surface area contributed by atoms with Crippen molar-refractivity contribution in [2.24, 2.45) is 5.92 Å². The van der Waals surface area contributed by atoms with E-state index in [9.17, 15) is 4.79 Å². The molecule has 0 spiro atoms. The molecule has 0 aliphatic rings. The van der Waals surface area contributed by atoms with Gasteiger partial charge in [0.05, 0.1) is 12.6 Å². The minimum atomic E-state index is -1.13. The Hall–Kier alpha value is -1.03. The highest BCUT2D eigenvalue weighted by Crippen LogP contribution is 2.02. The average Bonchev–Trinajstić information content (AvgIpc) is 1.98. The summed E-state index contributed by atoms with van der Waals surface area (Å²) < 4.78 is 0. The average molecular weight is 159 g/mol. The first-order valence-electron chi connectivity index (χ1n) is 3.34. The summed E-state index contributed by atoms with van der Waals surface area (Å²) in [6.07, 6.45) is 0.467. The molecular weight excluding hydrogens is 146 g/mol. The third-order valence-corrected chi connectivity index (χ3v) is 1.51. The molecule has 3 N–H and O–H groups in total. The van der Waals surface area contributed by atoms with E-state index in [4.69, 9.17) is 10.2 Å². The molecule has 0 aromatic heterocycles. The highest BCUT2D eigenvalue weighted by molar-refractivity contribution is 5.64. The van der Waals surface area contributed by atoms with E-state index in [-0.39, 0.29) is 12.5 Å². The fourth-order valence-electron chi connectivity index (χ4n) is 0.666. The summed E-state index contributed by atoms with van der Waals surface area (Å²) in [5.74, 6) is -0.0592. The van der Waals surface area contributed by atoms with Gasteiger partial charge in [-0.3, -0.25) is 0 Å². The summed E-state index contributed by atoms with van der Waals surface area (Å²) in [5, 5.41) is 19.2. The largest absolute Gasteiger partial charge is 0.465 e. The van der Waals surface area contributed by atoms with Gasteiger partial charge in [0.25, 0.3) is 0 Å². The smallest absolute Gasteiger partial charge is 0.404 e. The summed E-state index contributed by atoms with van der Waals surface area (Å²) in [5.41, 5.74) is 0. The van der Waals surface area contributed by atoms with Gasteiger partial charge in [-0.25, -0.2) is 4.79 Å². The van der Waals surface area contributed by atoms with Crippen molar-refractivity contribution in [3.8, 4) is 0 Å². The van der Waals surface area contributed by atoms with Gasteiger partial charge in [-0.15, -0.1) is 6.58 Å². The number of aliphatic hydroxyl groups excluding tert-OH is 1. The quantitative estimate of drug-likeness (QED) is 0.521. The van der Waals surface area contributed by atoms with Gasteiger partial charge in [0.15, 0.2) is 0 Å². The molecule has 0 saturated heterocycles. The van der Waals surface area contributed by atoms with Crippen molar-refractivity contribution in [3.05, 3.63) is 12.7 Å². The molecule has 4 nitrogen and oxygen atoms in total. The molecule has 1 amide bonds. The molecule has 0 radical (unpaired) electrons. The van der Waals surface area contributed by atoms with Crippen LogP contribution in [0.4, 0.5) is 4.79 Å². The van der Waals surface area contributed by atoms with E-state index in [1.165, 1.54) is 0 Å². The van der Waals surface area contributed by atoms with Gasteiger partial charge in [0.1, 0.15) is 0 Å². The predicted molar refractivity (Wildman–Crippen MR) is 41.4 cm³/mol. The summed E-state index contributed by atoms with van der Waals surface area (Å²) >= 11 is 0. The SMILES string of the molecule is C=CC(C)C(CO)NC(=O)O. The molecule has 0 aliphatic carbocycles. The molecule has 0 aromatic carbocycles. The van der Waals surface area contributed by atoms with Crippen molar-refractivity contribution in [1.82, 2.24) is 5.32 Å². The summed E-state index contributed by atoms with van der Waals surface area (Å²) in [7, 11) is 0. The van der Waals surface area contributed by atoms with E-state index < -0.39 is 12.1 Å². The number of hydrogen-bond donors (Lipinski definition) is 3. The van der Waals surface area contributed by atoms with Crippen LogP contribution in [0, 0.1) is 5.92 Å². The molecule has 0 bridgehead atoms. The van der Waals surface area contributed by atoms with E-state index in [0.29, 0.717) is 0 Å². The number of rotatable bonds is 4. The Morgan fingerprint density at radius 3 is 2.64 bits per heavy atom. The molecule has 64 valence electrons. The second kappa shape index (κ2) is 4.73. The molecule has 0 fully saturated rings. The van der Waals surface area contributed by atoms with Gasteiger partial charge in [-0.1, -0.05) is 13.0 Å². The highest BCUT2D eigenvalue weighted by atomic mass is 16.4. The first kappa shape index (κ1) is 9.97. The third kappa shape index (κ3) is 3.62. The van der Waals surface area contributed by atoms with Crippen molar-refractivity contribution < 1.29 is 15.0 Å². The molecule has 4 heteroatoms. The minimum Gasteiger partial charge on any atom is -0.465 e. The lowest BCUT2D eigenvalue weighted by Crippen LogP contribution is -2.40. The molecule has 0 rings (SSSR count). The Labute approximate surface area is 65.5 Å². The van der Waals surface area contributed by atoms with Crippen LogP contribution in [0.1, 0.15) is 6.92 Å². The Balaban J connectivity index is 3.93. The lowest BCUT2D eigenvalue weighted by atomic mass is 10.0. The number of carboxylic acid groups (broad SMARTS) is 1. The zero-order chi connectivity index (χ0) is 8.85. The van der Waals surface area contributed by atoms with E-state index in [1.54, 1.807) is 13.0 Å². The molecule has 0 aliphatic heterocycles. The van der Waals surface area contributed by atoms with E-state index in [2.05, 4.69) is 11.9 Å². The van der Waals surface area contributed by atoms with Crippen molar-refractivity contribution in [2.75, 3.05) is 6.61 Å². The number of amides is 1. The van der Waals surface area contributed by atoms with E-state index >= 15 is 0 Å². The second-order valence-corrected chi connectivity index (χ2v) is 2.33. The van der Waals surface area contributed by atoms with Crippen molar-refractivity contribution in [2.45, 2.75) is 13.0 Å². The Morgan fingerprint density at radius 1 is 1.82 bits per heavy atom. The normalized spacial score (nSPS) is 15.1. The number of hydrogen-bond acceptors (Lipinski definition) is 2. The van der Waals surface area contributed by atoms with Crippen LogP contribution < -0.4 is 5.32 Å². The predicted octanol–water partition coefficient (Wildman–Crippen LogP) is 0.437. The second-order valence-electron chi connectivity index (χ2n) is 2.33. The monoisotopic (exact) mass is 159 g/mol. The topological polar surface area (TPSA) is 69.6 Å². The molecular formula is C7H13NO3. The van der Waals surface area contributed by atoms with Crippen molar-refractivity contribution in [1.29, 1.82) is 0 Å². The molecule has 11 heavy (non-hydrogen) atoms. The van der Waals surface area contributed by atoms with Gasteiger partial charge in [0, 0.05) is 0 Å². The Kier molecular flexibility index (Phi) is 4.29. The fraction of sp³-hybridized carbons (Fsp3) is 0.571. The van der Waals surface area contributed by atoms with Crippen molar-refractivity contribution in [3.63, 3.8) is 0 Å². The maximum Gasteiger partial charge on any atom is 0.404 e. The van der Waals surface area contributed by atoms with E-state index in [0.717, 1.165) is 0 Å². The number of carbonyl (C=O) groups is 1. The van der Waals surface area contributed by atoms with E-state index in [1.807, 2.05) is 0 Å². The first-order valence-corrected chi connectivity index (χ1v) is 3.34. The minimum absolute atomic E-state index is 0.0592. The van der Waals surface area contributed by atoms with Crippen LogP contribution in [-0.2, 0) is 0 Å². The van der Waals surface area contributed by atoms with Gasteiger partial charge in [-0.2, -0.15) is 0 Å². The first-order chi connectivity index (χ1) is 5.11. The summed E-state index contributed by atoms with van der Waals surface area (Å²) in [6.45, 7) is 5.07. The highest BCUT2D eigenvalue weighted by Gasteiger charge is 2.14. The van der Waals surface area contributed by atoms with Crippen LogP contribution in [0.5, 0.6) is 0 Å². The summed E-state index contributed by atoms with van der Waals surface area (Å²) in [4.78, 5) is 10.1. The maximum atomic E-state index is 10.1. The molecule has 2 unspecified atom stereocenters. The van der Waals surface area contributed by atoms with Gasteiger partial charge in [-0.05, 0) is 5.92 Å². The summed E-state index contributed by atoms with van der Waals surface area (Å²) in [6, 6.07) is -0.454. The maximum absolute atomic E-state index is 10.1.